The van der Waals surface area contributed by atoms with Crippen molar-refractivity contribution in [2.24, 2.45) is 5.92 Å². The van der Waals surface area contributed by atoms with E-state index in [1.54, 1.807) is 0 Å². The summed E-state index contributed by atoms with van der Waals surface area (Å²) in [6.07, 6.45) is 6.34. The molecule has 0 amide bonds. The van der Waals surface area contributed by atoms with Gasteiger partial charge in [-0.15, -0.1) is 0 Å². The average Bonchev–Trinajstić information content (AvgIpc) is 2.62. The number of hydrogen-bond donors (Lipinski definition) is 2. The summed E-state index contributed by atoms with van der Waals surface area (Å²) in [5.41, 5.74) is 2.52. The van der Waals surface area contributed by atoms with E-state index in [9.17, 15) is 5.11 Å². The van der Waals surface area contributed by atoms with Gasteiger partial charge < -0.3 is 10.4 Å². The predicted octanol–water partition coefficient (Wildman–Crippen LogP) is 4.77. The van der Waals surface area contributed by atoms with E-state index in [2.05, 4.69) is 41.7 Å². The van der Waals surface area contributed by atoms with Gasteiger partial charge in [-0.05, 0) is 42.7 Å². The molecule has 2 fully saturated rings. The van der Waals surface area contributed by atoms with E-state index in [-0.39, 0.29) is 6.04 Å². The molecule has 1 heterocycles. The summed E-state index contributed by atoms with van der Waals surface area (Å²) in [6.45, 7) is 0. The predicted molar refractivity (Wildman–Crippen MR) is 93.5 cm³/mol. The molecule has 1 aliphatic carbocycles. The summed E-state index contributed by atoms with van der Waals surface area (Å²) in [5, 5.41) is 14.1. The fourth-order valence-electron chi connectivity index (χ4n) is 4.69. The molecular formula is C21H25NO. The number of benzene rings is 2. The first-order valence-corrected chi connectivity index (χ1v) is 8.92. The van der Waals surface area contributed by atoms with Gasteiger partial charge in [-0.1, -0.05) is 61.4 Å². The van der Waals surface area contributed by atoms with Gasteiger partial charge in [0.25, 0.3) is 0 Å². The first-order valence-electron chi connectivity index (χ1n) is 8.92. The Morgan fingerprint density at radius 1 is 0.870 bits per heavy atom. The van der Waals surface area contributed by atoms with E-state index in [0.717, 1.165) is 17.9 Å². The van der Waals surface area contributed by atoms with Crippen molar-refractivity contribution in [3.05, 3.63) is 65.7 Å². The standard InChI is InChI=1S/C21H25NO/c23-21-13-7-5-11-17(21)20-14-18(15-8-2-1-3-9-15)16-10-4-6-12-19(16)22-20/h1-3,5,7-9,11,13,16,18-20,22-23H,4,6,10,12,14H2/t16-,18+,19+,20+/m1/s1. The average molecular weight is 307 g/mol. The molecule has 0 spiro atoms. The summed E-state index contributed by atoms with van der Waals surface area (Å²) >= 11 is 0. The molecule has 1 saturated heterocycles. The first-order chi connectivity index (χ1) is 11.3. The van der Waals surface area contributed by atoms with Crippen LogP contribution in [0.4, 0.5) is 0 Å². The van der Waals surface area contributed by atoms with Gasteiger partial charge in [-0.25, -0.2) is 0 Å². The molecule has 23 heavy (non-hydrogen) atoms. The molecule has 0 bridgehead atoms. The minimum absolute atomic E-state index is 0.251. The third kappa shape index (κ3) is 2.88. The fraction of sp³-hybridized carbons (Fsp3) is 0.429. The molecule has 2 heteroatoms. The van der Waals surface area contributed by atoms with Crippen molar-refractivity contribution in [2.75, 3.05) is 0 Å². The lowest BCUT2D eigenvalue weighted by molar-refractivity contribution is 0.148. The van der Waals surface area contributed by atoms with Crippen LogP contribution < -0.4 is 5.32 Å². The zero-order valence-electron chi connectivity index (χ0n) is 13.5. The highest BCUT2D eigenvalue weighted by atomic mass is 16.3. The van der Waals surface area contributed by atoms with Gasteiger partial charge in [0.05, 0.1) is 0 Å². The van der Waals surface area contributed by atoms with Crippen molar-refractivity contribution in [2.45, 2.75) is 50.1 Å². The van der Waals surface area contributed by atoms with E-state index in [1.165, 1.54) is 31.2 Å². The van der Waals surface area contributed by atoms with Crippen LogP contribution in [0.5, 0.6) is 5.75 Å². The number of rotatable bonds is 2. The van der Waals surface area contributed by atoms with Crippen LogP contribution in [0.2, 0.25) is 0 Å². The zero-order chi connectivity index (χ0) is 15.6. The minimum Gasteiger partial charge on any atom is -0.508 e. The molecule has 2 nitrogen and oxygen atoms in total. The summed E-state index contributed by atoms with van der Waals surface area (Å²) in [4.78, 5) is 0. The monoisotopic (exact) mass is 307 g/mol. The minimum atomic E-state index is 0.251. The Kier molecular flexibility index (Phi) is 4.09. The van der Waals surface area contributed by atoms with Crippen LogP contribution in [0.15, 0.2) is 54.6 Å². The van der Waals surface area contributed by atoms with Crippen molar-refractivity contribution >= 4 is 0 Å². The van der Waals surface area contributed by atoms with E-state index in [4.69, 9.17) is 0 Å². The maximum atomic E-state index is 10.3. The second kappa shape index (κ2) is 6.37. The molecule has 4 rings (SSSR count). The lowest BCUT2D eigenvalue weighted by Gasteiger charge is -2.46. The largest absolute Gasteiger partial charge is 0.508 e. The molecular weight excluding hydrogens is 282 g/mol. The van der Waals surface area contributed by atoms with Gasteiger partial charge in [0, 0.05) is 17.6 Å². The number of nitrogens with one attached hydrogen (secondary N) is 1. The van der Waals surface area contributed by atoms with Crippen LogP contribution in [-0.2, 0) is 0 Å². The third-order valence-electron chi connectivity index (χ3n) is 5.78. The molecule has 0 radical (unpaired) electrons. The third-order valence-corrected chi connectivity index (χ3v) is 5.78. The summed E-state index contributed by atoms with van der Waals surface area (Å²) < 4.78 is 0. The topological polar surface area (TPSA) is 32.3 Å². The van der Waals surface area contributed by atoms with Gasteiger partial charge in [0.1, 0.15) is 5.75 Å². The van der Waals surface area contributed by atoms with E-state index in [1.807, 2.05) is 18.2 Å². The maximum absolute atomic E-state index is 10.3. The SMILES string of the molecule is Oc1ccccc1[C@@H]1C[C@@H](c2ccccc2)[C@H]2CCCC[C@@H]2N1. The summed E-state index contributed by atoms with van der Waals surface area (Å²) in [6, 6.07) is 19.6. The molecule has 1 saturated carbocycles. The number of aromatic hydroxyl groups is 1. The number of piperidine rings is 1. The van der Waals surface area contributed by atoms with Crippen LogP contribution in [0.1, 0.15) is 55.2 Å². The molecule has 2 aromatic carbocycles. The highest BCUT2D eigenvalue weighted by molar-refractivity contribution is 5.36. The Morgan fingerprint density at radius 3 is 2.43 bits per heavy atom. The summed E-state index contributed by atoms with van der Waals surface area (Å²) in [7, 11) is 0. The van der Waals surface area contributed by atoms with Crippen molar-refractivity contribution in [1.29, 1.82) is 0 Å². The fourth-order valence-corrected chi connectivity index (χ4v) is 4.69. The van der Waals surface area contributed by atoms with Gasteiger partial charge in [0.15, 0.2) is 0 Å². The van der Waals surface area contributed by atoms with Crippen molar-refractivity contribution in [3.63, 3.8) is 0 Å². The molecule has 2 aromatic rings. The number of fused-ring (bicyclic) bond motifs is 1. The van der Waals surface area contributed by atoms with Crippen LogP contribution >= 0.6 is 0 Å². The number of para-hydroxylation sites is 1. The smallest absolute Gasteiger partial charge is 0.120 e. The van der Waals surface area contributed by atoms with Crippen LogP contribution in [0.25, 0.3) is 0 Å². The van der Waals surface area contributed by atoms with Crippen molar-refractivity contribution < 1.29 is 5.11 Å². The second-order valence-electron chi connectivity index (χ2n) is 7.09. The van der Waals surface area contributed by atoms with E-state index in [0.29, 0.717) is 17.7 Å². The highest BCUT2D eigenvalue weighted by Gasteiger charge is 2.40. The van der Waals surface area contributed by atoms with Crippen LogP contribution in [0, 0.1) is 5.92 Å². The Bertz CT molecular complexity index is 654. The second-order valence-corrected chi connectivity index (χ2v) is 7.09. The van der Waals surface area contributed by atoms with Gasteiger partial charge in [-0.2, -0.15) is 0 Å². The Balaban J connectivity index is 1.68. The Morgan fingerprint density at radius 2 is 1.61 bits per heavy atom. The van der Waals surface area contributed by atoms with Crippen molar-refractivity contribution in [3.8, 4) is 5.75 Å². The Labute approximate surface area is 138 Å². The molecule has 0 unspecified atom stereocenters. The molecule has 1 aliphatic heterocycles. The Hall–Kier alpha value is -1.80. The van der Waals surface area contributed by atoms with Gasteiger partial charge in [-0.3, -0.25) is 0 Å². The van der Waals surface area contributed by atoms with Crippen LogP contribution in [0.3, 0.4) is 0 Å². The lowest BCUT2D eigenvalue weighted by atomic mass is 9.68. The van der Waals surface area contributed by atoms with Crippen LogP contribution in [-0.4, -0.2) is 11.1 Å². The molecule has 120 valence electrons. The quantitative estimate of drug-likeness (QED) is 0.837. The first kappa shape index (κ1) is 14.8. The molecule has 2 N–H and O–H groups in total. The number of phenolic OH excluding ortho intramolecular Hbond substituents is 1. The maximum Gasteiger partial charge on any atom is 0.120 e. The summed E-state index contributed by atoms with van der Waals surface area (Å²) in [5.74, 6) is 1.74. The molecule has 4 atom stereocenters. The number of hydrogen-bond acceptors (Lipinski definition) is 2. The van der Waals surface area contributed by atoms with E-state index < -0.39 is 0 Å². The zero-order valence-corrected chi connectivity index (χ0v) is 13.5. The highest BCUT2D eigenvalue weighted by Crippen LogP contribution is 2.46. The van der Waals surface area contributed by atoms with Gasteiger partial charge in [0.2, 0.25) is 0 Å². The number of phenols is 1. The lowest BCUT2D eigenvalue weighted by Crippen LogP contribution is -2.48. The molecule has 0 aromatic heterocycles. The normalized spacial score (nSPS) is 30.6. The van der Waals surface area contributed by atoms with Crippen molar-refractivity contribution in [1.82, 2.24) is 5.32 Å². The van der Waals surface area contributed by atoms with Gasteiger partial charge >= 0.3 is 0 Å². The van der Waals surface area contributed by atoms with E-state index >= 15 is 0 Å². The molecule has 2 aliphatic rings.